The molecule has 3 aromatic carbocycles. The monoisotopic (exact) mass is 889 g/mol. The predicted molar refractivity (Wildman–Crippen MR) is 251 cm³/mol. The number of benzene rings is 3. The quantitative estimate of drug-likeness (QED) is 0.0465. The maximum absolute atomic E-state index is 14.6. The molecule has 13 nitrogen and oxygen atoms in total. The molecule has 13 heteroatoms. The number of nitrogens with zero attached hydrogens (tertiary/aromatic N) is 1. The highest BCUT2D eigenvalue weighted by atomic mass is 16.6. The lowest BCUT2D eigenvalue weighted by molar-refractivity contribution is -0.139. The first-order chi connectivity index (χ1) is 31.2. The summed E-state index contributed by atoms with van der Waals surface area (Å²) in [7, 11) is 0. The molecule has 0 spiro atoms. The molecule has 1 aromatic heterocycles. The highest BCUT2D eigenvalue weighted by Gasteiger charge is 2.36. The number of H-pyrrole nitrogens is 1. The number of carbonyl (C=O) groups excluding carboxylic acids is 4. The van der Waals surface area contributed by atoms with Crippen molar-refractivity contribution in [2.45, 2.75) is 134 Å². The van der Waals surface area contributed by atoms with Crippen LogP contribution in [0.25, 0.3) is 11.1 Å². The van der Waals surface area contributed by atoms with Gasteiger partial charge in [0.2, 0.25) is 17.9 Å². The zero-order chi connectivity index (χ0) is 46.5. The molecule has 0 bridgehead atoms. The summed E-state index contributed by atoms with van der Waals surface area (Å²) in [5.41, 5.74) is 4.46. The van der Waals surface area contributed by atoms with Crippen LogP contribution in [0.4, 0.5) is 4.79 Å². The first-order valence-corrected chi connectivity index (χ1v) is 23.2. The fourth-order valence-electron chi connectivity index (χ4n) is 8.96. The molecule has 348 valence electrons. The van der Waals surface area contributed by atoms with Crippen LogP contribution in [0.5, 0.6) is 0 Å². The van der Waals surface area contributed by atoms with Crippen molar-refractivity contribution in [3.05, 3.63) is 126 Å². The normalized spacial score (nSPS) is 16.8. The summed E-state index contributed by atoms with van der Waals surface area (Å²) in [5, 5.41) is 23.6. The van der Waals surface area contributed by atoms with Crippen LogP contribution in [0.2, 0.25) is 0 Å². The van der Waals surface area contributed by atoms with E-state index in [4.69, 9.17) is 9.47 Å². The summed E-state index contributed by atoms with van der Waals surface area (Å²) >= 11 is 0. The molecule has 1 fully saturated rings. The van der Waals surface area contributed by atoms with Crippen molar-refractivity contribution in [3.63, 3.8) is 0 Å². The summed E-state index contributed by atoms with van der Waals surface area (Å²) in [6.45, 7) is 13.4. The van der Waals surface area contributed by atoms with Gasteiger partial charge < -0.3 is 40.8 Å². The number of imidazole rings is 1. The largest absolute Gasteiger partial charge is 0.434 e. The van der Waals surface area contributed by atoms with Crippen molar-refractivity contribution < 1.29 is 33.8 Å². The highest BCUT2D eigenvalue weighted by Crippen LogP contribution is 2.43. The molecule has 2 aliphatic rings. The number of aromatic nitrogens is 2. The van der Waals surface area contributed by atoms with Crippen LogP contribution in [0, 0.1) is 17.8 Å². The number of hydrogen-bond acceptors (Lipinski definition) is 8. The summed E-state index contributed by atoms with van der Waals surface area (Å²) in [4.78, 5) is 64.4. The Balaban J connectivity index is 1.23. The molecule has 65 heavy (non-hydrogen) atoms. The van der Waals surface area contributed by atoms with E-state index in [1.807, 2.05) is 106 Å². The average molecular weight is 889 g/mol. The molecule has 0 saturated heterocycles. The number of aliphatic hydroxyl groups excluding tert-OH is 1. The number of carbonyl (C=O) groups is 4. The summed E-state index contributed by atoms with van der Waals surface area (Å²) in [5.74, 6) is -1.21. The summed E-state index contributed by atoms with van der Waals surface area (Å²) in [6.07, 6.45) is 8.44. The second-order valence-electron chi connectivity index (χ2n) is 19.0. The summed E-state index contributed by atoms with van der Waals surface area (Å²) < 4.78 is 11.9. The van der Waals surface area contributed by atoms with Crippen molar-refractivity contribution in [2.24, 2.45) is 17.8 Å². The fourth-order valence-corrected chi connectivity index (χ4v) is 8.96. The van der Waals surface area contributed by atoms with E-state index in [2.05, 4.69) is 51.7 Å². The number of aromatic amines is 1. The van der Waals surface area contributed by atoms with Crippen LogP contribution >= 0.6 is 0 Å². The van der Waals surface area contributed by atoms with Crippen LogP contribution < -0.4 is 21.3 Å². The third-order valence-electron chi connectivity index (χ3n) is 12.6. The Morgan fingerprint density at radius 1 is 0.831 bits per heavy atom. The van der Waals surface area contributed by atoms with Crippen LogP contribution in [0.15, 0.2) is 104 Å². The molecule has 2 aliphatic carbocycles. The molecule has 4 amide bonds. The lowest BCUT2D eigenvalue weighted by atomic mass is 9.81. The molecular weight excluding hydrogens is 821 g/mol. The number of hydrogen-bond donors (Lipinski definition) is 6. The van der Waals surface area contributed by atoms with E-state index in [-0.39, 0.29) is 31.3 Å². The van der Waals surface area contributed by atoms with E-state index >= 15 is 0 Å². The van der Waals surface area contributed by atoms with Crippen LogP contribution in [-0.4, -0.2) is 81.4 Å². The number of amides is 4. The highest BCUT2D eigenvalue weighted by molar-refractivity contribution is 5.94. The van der Waals surface area contributed by atoms with Gasteiger partial charge in [-0.05, 0) is 79.2 Å². The Kier molecular flexibility index (Phi) is 17.1. The zero-order valence-corrected chi connectivity index (χ0v) is 38.6. The second-order valence-corrected chi connectivity index (χ2v) is 19.0. The Hall–Kier alpha value is -5.79. The zero-order valence-electron chi connectivity index (χ0n) is 38.6. The third-order valence-corrected chi connectivity index (χ3v) is 12.6. The van der Waals surface area contributed by atoms with E-state index in [0.29, 0.717) is 24.5 Å². The maximum Gasteiger partial charge on any atom is 0.408 e. The number of ether oxygens (including phenoxy) is 2. The van der Waals surface area contributed by atoms with Gasteiger partial charge in [0.05, 0.1) is 36.7 Å². The molecule has 6 atom stereocenters. The van der Waals surface area contributed by atoms with Gasteiger partial charge in [-0.15, -0.1) is 6.58 Å². The number of allylic oxidation sites excluding steroid dienone is 1. The molecule has 6 N–H and O–H groups in total. The minimum Gasteiger partial charge on any atom is -0.434 e. The topological polar surface area (TPSA) is 184 Å². The van der Waals surface area contributed by atoms with Crippen LogP contribution in [-0.2, 0) is 36.7 Å². The number of fused-ring (bicyclic) bond motifs is 3. The fraction of sp³-hybridized carbons (Fsp3) is 0.481. The van der Waals surface area contributed by atoms with Crippen LogP contribution in [0.3, 0.4) is 0 Å². The molecule has 6 rings (SSSR count). The first kappa shape index (κ1) is 48.7. The van der Waals surface area contributed by atoms with Crippen molar-refractivity contribution in [3.8, 4) is 11.1 Å². The molecular formula is C52H68N6O7. The molecule has 4 aromatic rings. The Morgan fingerprint density at radius 3 is 2.03 bits per heavy atom. The third kappa shape index (κ3) is 13.9. The van der Waals surface area contributed by atoms with Gasteiger partial charge in [-0.1, -0.05) is 131 Å². The Bertz CT molecular complexity index is 2140. The van der Waals surface area contributed by atoms with Crippen molar-refractivity contribution in [1.29, 1.82) is 0 Å². The van der Waals surface area contributed by atoms with Crippen molar-refractivity contribution in [2.75, 3.05) is 6.61 Å². The lowest BCUT2D eigenvalue weighted by Crippen LogP contribution is -2.58. The van der Waals surface area contributed by atoms with Gasteiger partial charge in [-0.2, -0.15) is 0 Å². The van der Waals surface area contributed by atoms with Gasteiger partial charge in [-0.3, -0.25) is 14.4 Å². The Morgan fingerprint density at radius 2 is 1.43 bits per heavy atom. The van der Waals surface area contributed by atoms with Gasteiger partial charge in [0.15, 0.2) is 0 Å². The number of nitrogens with one attached hydrogen (secondary N) is 5. The minimum atomic E-state index is -1.46. The van der Waals surface area contributed by atoms with Gasteiger partial charge in [-0.25, -0.2) is 9.78 Å². The Labute approximate surface area is 384 Å². The van der Waals surface area contributed by atoms with E-state index in [0.717, 1.165) is 53.5 Å². The SMILES string of the molecule is C=C[C@@H](C[C@H](O)[C@H](CC1CCCCC1)NC(=O)[C@H](Cc1cnc[nH]1)NC(=O)[C@H](Cc1ccccc1)NC(=O)[C@H](COC(C)(C)C)OC(=O)NC1c2ccccc2-c2ccccc21)C(C)C. The van der Waals surface area contributed by atoms with E-state index in [1.165, 1.54) is 12.7 Å². The average Bonchev–Trinajstić information content (AvgIpc) is 3.92. The smallest absolute Gasteiger partial charge is 0.408 e. The van der Waals surface area contributed by atoms with E-state index in [9.17, 15) is 24.3 Å². The summed E-state index contributed by atoms with van der Waals surface area (Å²) in [6, 6.07) is 21.4. The standard InChI is InChI=1S/C52H68N6O7/c1-7-36(33(2)3)28-45(59)42(26-34-18-10-8-11-19-34)55-49(61)44(29-37-30-53-32-54-37)56-48(60)43(27-35-20-12-9-13-21-35)57-50(62)46(31-64-52(4,5)6)65-51(63)58-47-40-24-16-14-22-38(40)39-23-15-17-25-41(39)47/h7,9,12-17,20-25,30,32-34,36,42-47,59H,1,8,10-11,18-19,26-29,31H2,2-6H3,(H,53,54)(H,55,61)(H,56,60)(H,57,62)(H,58,63)/t36-,42-,43-,44-,45-,46-/m0/s1. The van der Waals surface area contributed by atoms with Crippen LogP contribution in [0.1, 0.15) is 108 Å². The number of aliphatic hydroxyl groups is 1. The minimum absolute atomic E-state index is 0.0439. The first-order valence-electron chi connectivity index (χ1n) is 23.2. The number of alkyl carbamates (subject to hydrolysis) is 1. The van der Waals surface area contributed by atoms with Gasteiger partial charge in [0.25, 0.3) is 5.91 Å². The maximum atomic E-state index is 14.6. The lowest BCUT2D eigenvalue weighted by Gasteiger charge is -2.33. The van der Waals surface area contributed by atoms with E-state index < -0.39 is 65.8 Å². The van der Waals surface area contributed by atoms with Gasteiger partial charge >= 0.3 is 6.09 Å². The molecule has 1 saturated carbocycles. The second kappa shape index (κ2) is 22.9. The van der Waals surface area contributed by atoms with Crippen molar-refractivity contribution >= 4 is 23.8 Å². The number of rotatable bonds is 21. The molecule has 1 heterocycles. The van der Waals surface area contributed by atoms with Gasteiger partial charge in [0, 0.05) is 24.7 Å². The predicted octanol–water partition coefficient (Wildman–Crippen LogP) is 7.51. The molecule has 0 radical (unpaired) electrons. The molecule has 0 unspecified atom stereocenters. The van der Waals surface area contributed by atoms with Crippen molar-refractivity contribution in [1.82, 2.24) is 31.2 Å². The molecule has 0 aliphatic heterocycles. The van der Waals surface area contributed by atoms with E-state index in [1.54, 1.807) is 6.20 Å². The van der Waals surface area contributed by atoms with Gasteiger partial charge in [0.1, 0.15) is 12.1 Å².